The zero-order valence-corrected chi connectivity index (χ0v) is 12.6. The van der Waals surface area contributed by atoms with E-state index in [9.17, 15) is 9.59 Å². The van der Waals surface area contributed by atoms with E-state index < -0.39 is 0 Å². The van der Waals surface area contributed by atoms with Gasteiger partial charge in [0, 0.05) is 18.1 Å². The molecule has 0 saturated carbocycles. The standard InChI is InChI=1S/C16H20N4O2/c1-19-11-6-7-12(19)9-10(8-11)17-15(21)20-14-5-3-2-4-13(14)18-16(20)22/h2-5,10-12H,6-9H2,1H3,(H,17,21)(H,18,22)/t10?,11-,12+. The largest absolute Gasteiger partial charge is 0.334 e. The van der Waals surface area contributed by atoms with Gasteiger partial charge in [0.25, 0.3) is 0 Å². The molecule has 22 heavy (non-hydrogen) atoms. The van der Waals surface area contributed by atoms with E-state index in [4.69, 9.17) is 0 Å². The van der Waals surface area contributed by atoms with E-state index in [1.165, 1.54) is 17.4 Å². The number of aromatic amines is 1. The average molecular weight is 300 g/mol. The lowest BCUT2D eigenvalue weighted by Crippen LogP contribution is -2.50. The molecule has 1 aromatic carbocycles. The Labute approximate surface area is 128 Å². The predicted octanol–water partition coefficient (Wildman–Crippen LogP) is 1.51. The summed E-state index contributed by atoms with van der Waals surface area (Å²) in [4.78, 5) is 29.7. The maximum Gasteiger partial charge on any atom is 0.334 e. The molecule has 1 aromatic heterocycles. The van der Waals surface area contributed by atoms with Crippen LogP contribution in [0.15, 0.2) is 29.1 Å². The number of aromatic nitrogens is 2. The van der Waals surface area contributed by atoms with Gasteiger partial charge in [0.15, 0.2) is 0 Å². The van der Waals surface area contributed by atoms with E-state index in [0.717, 1.165) is 12.8 Å². The highest BCUT2D eigenvalue weighted by Gasteiger charge is 2.39. The number of rotatable bonds is 1. The van der Waals surface area contributed by atoms with Gasteiger partial charge in [0.2, 0.25) is 0 Å². The Morgan fingerprint density at radius 2 is 1.91 bits per heavy atom. The van der Waals surface area contributed by atoms with Crippen molar-refractivity contribution < 1.29 is 4.79 Å². The number of carbonyl (C=O) groups is 1. The SMILES string of the molecule is CN1[C@@H]2CC[C@H]1CC(NC(=O)n1c(=O)[nH]c3ccccc31)C2. The molecule has 2 saturated heterocycles. The fourth-order valence-electron chi connectivity index (χ4n) is 4.02. The Bertz CT molecular complexity index is 764. The lowest BCUT2D eigenvalue weighted by atomic mass is 9.98. The molecular formula is C16H20N4O2. The molecule has 2 fully saturated rings. The number of carbonyl (C=O) groups excluding carboxylic acids is 1. The van der Waals surface area contributed by atoms with Gasteiger partial charge in [-0.05, 0) is 44.9 Å². The molecule has 6 heteroatoms. The molecule has 2 aromatic rings. The normalized spacial score (nSPS) is 28.1. The Balaban J connectivity index is 1.57. The van der Waals surface area contributed by atoms with Crippen LogP contribution in [0.3, 0.4) is 0 Å². The molecule has 6 nitrogen and oxygen atoms in total. The second-order valence-corrected chi connectivity index (χ2v) is 6.45. The maximum atomic E-state index is 12.5. The van der Waals surface area contributed by atoms with Crippen molar-refractivity contribution in [1.29, 1.82) is 0 Å². The van der Waals surface area contributed by atoms with Crippen molar-refractivity contribution in [2.45, 2.75) is 43.8 Å². The Morgan fingerprint density at radius 3 is 2.64 bits per heavy atom. The number of imidazole rings is 1. The van der Waals surface area contributed by atoms with Crippen molar-refractivity contribution in [3.05, 3.63) is 34.7 Å². The molecule has 2 aliphatic heterocycles. The minimum Gasteiger partial charge on any atom is -0.334 e. The number of hydrogen-bond donors (Lipinski definition) is 2. The van der Waals surface area contributed by atoms with Crippen LogP contribution in [0.2, 0.25) is 0 Å². The number of benzene rings is 1. The molecule has 116 valence electrons. The van der Waals surface area contributed by atoms with Crippen molar-refractivity contribution >= 4 is 17.1 Å². The molecule has 4 rings (SSSR count). The molecule has 0 aliphatic carbocycles. The molecule has 3 atom stereocenters. The third-order valence-electron chi connectivity index (χ3n) is 5.22. The van der Waals surface area contributed by atoms with E-state index in [-0.39, 0.29) is 17.8 Å². The van der Waals surface area contributed by atoms with E-state index >= 15 is 0 Å². The van der Waals surface area contributed by atoms with Crippen LogP contribution in [-0.4, -0.2) is 45.7 Å². The Morgan fingerprint density at radius 1 is 1.23 bits per heavy atom. The van der Waals surface area contributed by atoms with Gasteiger partial charge >= 0.3 is 11.7 Å². The van der Waals surface area contributed by atoms with E-state index in [1.54, 1.807) is 12.1 Å². The van der Waals surface area contributed by atoms with Crippen LogP contribution < -0.4 is 11.0 Å². The van der Waals surface area contributed by atoms with Crippen LogP contribution in [-0.2, 0) is 0 Å². The van der Waals surface area contributed by atoms with E-state index in [0.29, 0.717) is 23.1 Å². The van der Waals surface area contributed by atoms with Crippen molar-refractivity contribution in [3.63, 3.8) is 0 Å². The minimum atomic E-state index is -0.380. The number of nitrogens with zero attached hydrogens (tertiary/aromatic N) is 2. The van der Waals surface area contributed by atoms with Crippen molar-refractivity contribution in [2.24, 2.45) is 0 Å². The lowest BCUT2D eigenvalue weighted by molar-refractivity contribution is 0.150. The maximum absolute atomic E-state index is 12.5. The van der Waals surface area contributed by atoms with Gasteiger partial charge in [-0.1, -0.05) is 12.1 Å². The third kappa shape index (κ3) is 2.06. The molecule has 2 aliphatic rings. The topological polar surface area (TPSA) is 70.1 Å². The first-order valence-corrected chi connectivity index (χ1v) is 7.86. The Kier molecular flexibility index (Phi) is 3.07. The number of para-hydroxylation sites is 2. The zero-order valence-electron chi connectivity index (χ0n) is 12.6. The quantitative estimate of drug-likeness (QED) is 0.839. The highest BCUT2D eigenvalue weighted by atomic mass is 16.2. The van der Waals surface area contributed by atoms with Gasteiger partial charge in [-0.2, -0.15) is 0 Å². The summed E-state index contributed by atoms with van der Waals surface area (Å²) >= 11 is 0. The summed E-state index contributed by atoms with van der Waals surface area (Å²) in [5, 5.41) is 3.05. The predicted molar refractivity (Wildman–Crippen MR) is 84.1 cm³/mol. The lowest BCUT2D eigenvalue weighted by Gasteiger charge is -2.36. The molecule has 2 bridgehead atoms. The van der Waals surface area contributed by atoms with Crippen LogP contribution in [0.1, 0.15) is 25.7 Å². The number of hydrogen-bond acceptors (Lipinski definition) is 3. The molecule has 3 heterocycles. The van der Waals surface area contributed by atoms with Gasteiger partial charge in [-0.25, -0.2) is 14.2 Å². The molecule has 0 spiro atoms. The van der Waals surface area contributed by atoms with Gasteiger partial charge in [-0.15, -0.1) is 0 Å². The van der Waals surface area contributed by atoms with Crippen molar-refractivity contribution in [2.75, 3.05) is 7.05 Å². The second kappa shape index (κ2) is 4.98. The van der Waals surface area contributed by atoms with Crippen LogP contribution in [0.5, 0.6) is 0 Å². The number of amides is 1. The molecule has 0 radical (unpaired) electrons. The van der Waals surface area contributed by atoms with Crippen LogP contribution in [0.4, 0.5) is 4.79 Å². The highest BCUT2D eigenvalue weighted by Crippen LogP contribution is 2.34. The van der Waals surface area contributed by atoms with Gasteiger partial charge in [0.1, 0.15) is 0 Å². The van der Waals surface area contributed by atoms with Crippen LogP contribution in [0, 0.1) is 0 Å². The summed E-state index contributed by atoms with van der Waals surface area (Å²) in [5.41, 5.74) is 0.932. The fourth-order valence-corrected chi connectivity index (χ4v) is 4.02. The first kappa shape index (κ1) is 13.6. The summed E-state index contributed by atoms with van der Waals surface area (Å²) in [5.74, 6) is 0. The fraction of sp³-hybridized carbons (Fsp3) is 0.500. The third-order valence-corrected chi connectivity index (χ3v) is 5.22. The van der Waals surface area contributed by atoms with Gasteiger partial charge in [-0.3, -0.25) is 0 Å². The number of fused-ring (bicyclic) bond motifs is 3. The van der Waals surface area contributed by atoms with Crippen molar-refractivity contribution in [1.82, 2.24) is 19.8 Å². The summed E-state index contributed by atoms with van der Waals surface area (Å²) in [7, 11) is 2.17. The van der Waals surface area contributed by atoms with Crippen LogP contribution in [0.25, 0.3) is 11.0 Å². The number of nitrogens with one attached hydrogen (secondary N) is 2. The summed E-state index contributed by atoms with van der Waals surface area (Å²) < 4.78 is 1.20. The number of piperidine rings is 1. The Hall–Kier alpha value is -2.08. The summed E-state index contributed by atoms with van der Waals surface area (Å²) in [6.45, 7) is 0. The molecule has 2 N–H and O–H groups in total. The second-order valence-electron chi connectivity index (χ2n) is 6.45. The van der Waals surface area contributed by atoms with Gasteiger partial charge in [0.05, 0.1) is 11.0 Å². The highest BCUT2D eigenvalue weighted by molar-refractivity contribution is 5.89. The molecular weight excluding hydrogens is 280 g/mol. The first-order valence-electron chi connectivity index (χ1n) is 7.86. The smallest absolute Gasteiger partial charge is 0.334 e. The van der Waals surface area contributed by atoms with Crippen LogP contribution >= 0.6 is 0 Å². The molecule has 1 amide bonds. The average Bonchev–Trinajstić information content (AvgIpc) is 2.90. The van der Waals surface area contributed by atoms with E-state index in [2.05, 4.69) is 22.2 Å². The summed E-state index contributed by atoms with van der Waals surface area (Å²) in [6.07, 6.45) is 4.35. The number of H-pyrrole nitrogens is 1. The first-order chi connectivity index (χ1) is 10.6. The minimum absolute atomic E-state index is 0.154. The zero-order chi connectivity index (χ0) is 15.3. The molecule has 1 unspecified atom stereocenters. The van der Waals surface area contributed by atoms with Gasteiger partial charge < -0.3 is 15.2 Å². The van der Waals surface area contributed by atoms with Crippen molar-refractivity contribution in [3.8, 4) is 0 Å². The monoisotopic (exact) mass is 300 g/mol. The summed E-state index contributed by atoms with van der Waals surface area (Å²) in [6, 6.07) is 8.21. The van der Waals surface area contributed by atoms with E-state index in [1.807, 2.05) is 12.1 Å².